The number of carbonyl (C=O) groups is 1. The van der Waals surface area contributed by atoms with Gasteiger partial charge in [-0.05, 0) is 31.2 Å². The molecule has 18 heavy (non-hydrogen) atoms. The van der Waals surface area contributed by atoms with Crippen LogP contribution in [0.15, 0.2) is 0 Å². The molecule has 0 radical (unpaired) electrons. The number of hydrogen-bond donors (Lipinski definition) is 2. The molecule has 1 aliphatic carbocycles. The topological polar surface area (TPSA) is 83.5 Å². The Hall–Kier alpha value is -1.08. The molecular weight excluding hydrogens is 274 g/mol. The van der Waals surface area contributed by atoms with Crippen molar-refractivity contribution in [2.75, 3.05) is 11.0 Å². The van der Waals surface area contributed by atoms with Crippen molar-refractivity contribution >= 4 is 32.3 Å². The molecule has 100 valence electrons. The van der Waals surface area contributed by atoms with Crippen molar-refractivity contribution in [3.05, 3.63) is 16.0 Å². The van der Waals surface area contributed by atoms with Crippen LogP contribution in [0.25, 0.3) is 0 Å². The van der Waals surface area contributed by atoms with Gasteiger partial charge in [-0.2, -0.15) is 0 Å². The standard InChI is InChI=1S/C11H15NO4S2/c1-18(15,16)12-10-9(11(13)14)7-5-3-2-4-6-8(7)17-10/h12H,2-6H2,1H3,(H,13,14). The fourth-order valence-corrected chi connectivity index (χ4v) is 4.40. The highest BCUT2D eigenvalue weighted by Crippen LogP contribution is 2.37. The number of carboxylic acids is 1. The Kier molecular flexibility index (Phi) is 3.63. The molecule has 0 aromatic carbocycles. The van der Waals surface area contributed by atoms with Gasteiger partial charge in [0.05, 0.1) is 11.8 Å². The van der Waals surface area contributed by atoms with E-state index in [1.54, 1.807) is 0 Å². The predicted octanol–water partition coefficient (Wildman–Crippen LogP) is 2.09. The molecular formula is C11H15NO4S2. The van der Waals surface area contributed by atoms with Crippen LogP contribution in [0, 0.1) is 0 Å². The van der Waals surface area contributed by atoms with Gasteiger partial charge in [-0.1, -0.05) is 6.42 Å². The van der Waals surface area contributed by atoms with E-state index >= 15 is 0 Å². The summed E-state index contributed by atoms with van der Waals surface area (Å²) in [4.78, 5) is 12.3. The minimum absolute atomic E-state index is 0.141. The molecule has 0 bridgehead atoms. The van der Waals surface area contributed by atoms with Crippen molar-refractivity contribution in [3.8, 4) is 0 Å². The lowest BCUT2D eigenvalue weighted by Gasteiger charge is -2.04. The Bertz CT molecular complexity index is 574. The van der Waals surface area contributed by atoms with Gasteiger partial charge in [-0.3, -0.25) is 4.72 Å². The van der Waals surface area contributed by atoms with Gasteiger partial charge in [-0.25, -0.2) is 13.2 Å². The Labute approximate surface area is 110 Å². The van der Waals surface area contributed by atoms with Crippen molar-refractivity contribution < 1.29 is 18.3 Å². The number of aromatic carboxylic acids is 1. The molecule has 2 rings (SSSR count). The number of sulfonamides is 1. The Morgan fingerprint density at radius 1 is 1.28 bits per heavy atom. The minimum Gasteiger partial charge on any atom is -0.478 e. The average molecular weight is 289 g/mol. The lowest BCUT2D eigenvalue weighted by Crippen LogP contribution is -2.12. The number of nitrogens with one attached hydrogen (secondary N) is 1. The normalized spacial score (nSPS) is 15.8. The summed E-state index contributed by atoms with van der Waals surface area (Å²) >= 11 is 1.26. The second-order valence-corrected chi connectivity index (χ2v) is 7.30. The van der Waals surface area contributed by atoms with Gasteiger partial charge in [0.1, 0.15) is 5.00 Å². The van der Waals surface area contributed by atoms with Gasteiger partial charge in [0.25, 0.3) is 0 Å². The van der Waals surface area contributed by atoms with Gasteiger partial charge in [0.2, 0.25) is 10.0 Å². The highest BCUT2D eigenvalue weighted by atomic mass is 32.2. The molecule has 0 spiro atoms. The van der Waals surface area contributed by atoms with Crippen LogP contribution in [0.5, 0.6) is 0 Å². The molecule has 0 aliphatic heterocycles. The molecule has 0 unspecified atom stereocenters. The van der Waals surface area contributed by atoms with E-state index in [0.29, 0.717) is 0 Å². The van der Waals surface area contributed by atoms with Crippen LogP contribution in [0.3, 0.4) is 0 Å². The summed E-state index contributed by atoms with van der Waals surface area (Å²) < 4.78 is 24.8. The number of rotatable bonds is 3. The summed E-state index contributed by atoms with van der Waals surface area (Å²) in [5.74, 6) is -1.06. The van der Waals surface area contributed by atoms with E-state index in [1.807, 2.05) is 0 Å². The van der Waals surface area contributed by atoms with Crippen LogP contribution in [0.2, 0.25) is 0 Å². The second kappa shape index (κ2) is 4.89. The predicted molar refractivity (Wildman–Crippen MR) is 71.0 cm³/mol. The third-order valence-corrected chi connectivity index (χ3v) is 4.82. The molecule has 0 saturated carbocycles. The summed E-state index contributed by atoms with van der Waals surface area (Å²) in [5.41, 5.74) is 0.957. The SMILES string of the molecule is CS(=O)(=O)Nc1sc2c(c1C(=O)O)CCCCC2. The van der Waals surface area contributed by atoms with E-state index < -0.39 is 16.0 Å². The maximum atomic E-state index is 11.3. The first-order valence-corrected chi connectivity index (χ1v) is 8.45. The zero-order valence-electron chi connectivity index (χ0n) is 10.0. The molecule has 0 fully saturated rings. The zero-order chi connectivity index (χ0) is 13.3. The van der Waals surface area contributed by atoms with E-state index in [0.717, 1.165) is 48.8 Å². The number of aryl methyl sites for hydroxylation is 1. The van der Waals surface area contributed by atoms with Gasteiger partial charge in [-0.15, -0.1) is 11.3 Å². The largest absolute Gasteiger partial charge is 0.478 e. The number of carboxylic acid groups (broad SMARTS) is 1. The van der Waals surface area contributed by atoms with E-state index in [9.17, 15) is 18.3 Å². The van der Waals surface area contributed by atoms with E-state index in [1.165, 1.54) is 11.3 Å². The van der Waals surface area contributed by atoms with E-state index in [-0.39, 0.29) is 10.6 Å². The van der Waals surface area contributed by atoms with Gasteiger partial charge < -0.3 is 5.11 Å². The third-order valence-electron chi connectivity index (χ3n) is 2.91. The maximum absolute atomic E-state index is 11.3. The van der Waals surface area contributed by atoms with Crippen molar-refractivity contribution in [1.29, 1.82) is 0 Å². The molecule has 7 heteroatoms. The fourth-order valence-electron chi connectivity index (χ4n) is 2.21. The summed E-state index contributed by atoms with van der Waals surface area (Å²) in [5, 5.41) is 9.52. The highest BCUT2D eigenvalue weighted by Gasteiger charge is 2.25. The molecule has 1 aromatic heterocycles. The first-order valence-electron chi connectivity index (χ1n) is 5.74. The molecule has 5 nitrogen and oxygen atoms in total. The Balaban J connectivity index is 2.50. The zero-order valence-corrected chi connectivity index (χ0v) is 11.7. The quantitative estimate of drug-likeness (QED) is 0.835. The van der Waals surface area contributed by atoms with Crippen molar-refractivity contribution in [3.63, 3.8) is 0 Å². The lowest BCUT2D eigenvalue weighted by molar-refractivity contribution is 0.0697. The number of anilines is 1. The number of thiophene rings is 1. The van der Waals surface area contributed by atoms with E-state index in [2.05, 4.69) is 4.72 Å². The van der Waals surface area contributed by atoms with Crippen LogP contribution >= 0.6 is 11.3 Å². The molecule has 0 saturated heterocycles. The van der Waals surface area contributed by atoms with Crippen molar-refractivity contribution in [2.45, 2.75) is 32.1 Å². The monoisotopic (exact) mass is 289 g/mol. The average Bonchev–Trinajstić information content (AvgIpc) is 2.40. The Morgan fingerprint density at radius 3 is 2.56 bits per heavy atom. The van der Waals surface area contributed by atoms with E-state index in [4.69, 9.17) is 0 Å². The molecule has 1 aromatic rings. The smallest absolute Gasteiger partial charge is 0.339 e. The summed E-state index contributed by atoms with van der Waals surface area (Å²) in [6.07, 6.45) is 5.68. The maximum Gasteiger partial charge on any atom is 0.339 e. The highest BCUT2D eigenvalue weighted by molar-refractivity contribution is 7.92. The van der Waals surface area contributed by atoms with Crippen LogP contribution in [-0.4, -0.2) is 25.7 Å². The van der Waals surface area contributed by atoms with Crippen molar-refractivity contribution in [1.82, 2.24) is 0 Å². The molecule has 1 aliphatic rings. The van der Waals surface area contributed by atoms with Crippen LogP contribution in [0.4, 0.5) is 5.00 Å². The van der Waals surface area contributed by atoms with Crippen LogP contribution in [0.1, 0.15) is 40.1 Å². The first-order chi connectivity index (χ1) is 8.38. The molecule has 0 amide bonds. The first kappa shape index (κ1) is 13.4. The van der Waals surface area contributed by atoms with Gasteiger partial charge in [0, 0.05) is 4.88 Å². The second-order valence-electron chi connectivity index (χ2n) is 4.45. The van der Waals surface area contributed by atoms with Gasteiger partial charge >= 0.3 is 5.97 Å². The fraction of sp³-hybridized carbons (Fsp3) is 0.545. The molecule has 0 atom stereocenters. The number of hydrogen-bond acceptors (Lipinski definition) is 4. The van der Waals surface area contributed by atoms with Crippen LogP contribution in [-0.2, 0) is 22.9 Å². The minimum atomic E-state index is -3.44. The summed E-state index contributed by atoms with van der Waals surface area (Å²) in [6.45, 7) is 0. The summed E-state index contributed by atoms with van der Waals surface area (Å²) in [6, 6.07) is 0. The van der Waals surface area contributed by atoms with Gasteiger partial charge in [0.15, 0.2) is 0 Å². The molecule has 2 N–H and O–H groups in total. The van der Waals surface area contributed by atoms with Crippen LogP contribution < -0.4 is 4.72 Å². The molecule has 1 heterocycles. The third kappa shape index (κ3) is 2.84. The Morgan fingerprint density at radius 2 is 1.94 bits per heavy atom. The lowest BCUT2D eigenvalue weighted by atomic mass is 10.1. The van der Waals surface area contributed by atoms with Crippen molar-refractivity contribution in [2.24, 2.45) is 0 Å². The number of fused-ring (bicyclic) bond motifs is 1. The summed E-state index contributed by atoms with van der Waals surface area (Å²) in [7, 11) is -3.44.